The molecule has 0 saturated carbocycles. The summed E-state index contributed by atoms with van der Waals surface area (Å²) in [5.74, 6) is -1.27. The van der Waals surface area contributed by atoms with Crippen molar-refractivity contribution in [2.75, 3.05) is 26.3 Å². The zero-order chi connectivity index (χ0) is 24.1. The van der Waals surface area contributed by atoms with Gasteiger partial charge in [-0.15, -0.1) is 0 Å². The van der Waals surface area contributed by atoms with Crippen LogP contribution < -0.4 is 5.32 Å². The fraction of sp³-hybridized carbons (Fsp3) is 0.423. The van der Waals surface area contributed by atoms with Gasteiger partial charge in [-0.25, -0.2) is 4.79 Å². The molecular weight excluding hydrogens is 436 g/mol. The molecule has 0 bridgehead atoms. The highest BCUT2D eigenvalue weighted by molar-refractivity contribution is 5.86. The standard InChI is InChI=1S/C26H30N2O6/c1-2-7-23(25(31)28-12-13-33-17(15-28)14-24(29)30)27-26(32)34-16-22-20-10-5-3-8-18(20)19-9-4-6-11-21(19)22/h3-6,8-11,17,22-23H,2,7,12-16H2,1H3,(H,27,32)(H,29,30)/t17?,23-/m1/s1. The predicted molar refractivity (Wildman–Crippen MR) is 125 cm³/mol. The van der Waals surface area contributed by atoms with Gasteiger partial charge in [-0.05, 0) is 28.7 Å². The third kappa shape index (κ3) is 5.22. The van der Waals surface area contributed by atoms with E-state index in [2.05, 4.69) is 29.6 Å². The molecular formula is C26H30N2O6. The molecule has 2 N–H and O–H groups in total. The summed E-state index contributed by atoms with van der Waals surface area (Å²) in [6.07, 6.45) is -0.189. The largest absolute Gasteiger partial charge is 0.481 e. The number of nitrogens with one attached hydrogen (secondary N) is 1. The first kappa shape index (κ1) is 23.8. The van der Waals surface area contributed by atoms with Crippen LogP contribution in [0.4, 0.5) is 4.79 Å². The Labute approximate surface area is 198 Å². The first-order valence-electron chi connectivity index (χ1n) is 11.7. The minimum Gasteiger partial charge on any atom is -0.481 e. The number of morpholine rings is 1. The van der Waals surface area contributed by atoms with Crippen LogP contribution in [-0.4, -0.2) is 66.4 Å². The van der Waals surface area contributed by atoms with Crippen molar-refractivity contribution in [3.63, 3.8) is 0 Å². The average Bonchev–Trinajstić information content (AvgIpc) is 3.15. The Balaban J connectivity index is 1.38. The summed E-state index contributed by atoms with van der Waals surface area (Å²) in [5.41, 5.74) is 4.54. The van der Waals surface area contributed by atoms with Gasteiger partial charge in [0.25, 0.3) is 0 Å². The minimum absolute atomic E-state index is 0.0607. The number of nitrogens with zero attached hydrogens (tertiary/aromatic N) is 1. The molecule has 2 aromatic carbocycles. The van der Waals surface area contributed by atoms with Gasteiger partial charge < -0.3 is 24.8 Å². The molecule has 1 saturated heterocycles. The van der Waals surface area contributed by atoms with Crippen LogP contribution in [0.15, 0.2) is 48.5 Å². The van der Waals surface area contributed by atoms with Crippen molar-refractivity contribution in [3.8, 4) is 11.1 Å². The lowest BCUT2D eigenvalue weighted by Crippen LogP contribution is -2.54. The van der Waals surface area contributed by atoms with Gasteiger partial charge in [0.15, 0.2) is 0 Å². The van der Waals surface area contributed by atoms with Crippen LogP contribution in [0.25, 0.3) is 11.1 Å². The highest BCUT2D eigenvalue weighted by Crippen LogP contribution is 2.44. The Bertz CT molecular complexity index is 1010. The zero-order valence-electron chi connectivity index (χ0n) is 19.2. The van der Waals surface area contributed by atoms with E-state index in [0.717, 1.165) is 22.3 Å². The van der Waals surface area contributed by atoms with E-state index in [1.807, 2.05) is 31.2 Å². The summed E-state index contributed by atoms with van der Waals surface area (Å²) < 4.78 is 11.1. The Hall–Kier alpha value is -3.39. The SMILES string of the molecule is CCC[C@@H](NC(=O)OCC1c2ccccc2-c2ccccc21)C(=O)N1CCOC(CC(=O)O)C1. The number of ether oxygens (including phenoxy) is 2. The van der Waals surface area contributed by atoms with Crippen LogP contribution in [0.1, 0.15) is 43.2 Å². The van der Waals surface area contributed by atoms with Gasteiger partial charge in [-0.2, -0.15) is 0 Å². The molecule has 1 unspecified atom stereocenters. The number of hydrogen-bond donors (Lipinski definition) is 2. The Kier molecular flexibility index (Phi) is 7.47. The van der Waals surface area contributed by atoms with Crippen LogP contribution in [0.3, 0.4) is 0 Å². The number of rotatable bonds is 8. The molecule has 0 aromatic heterocycles. The highest BCUT2D eigenvalue weighted by Gasteiger charge is 2.32. The minimum atomic E-state index is -0.971. The molecule has 1 fully saturated rings. The van der Waals surface area contributed by atoms with Crippen LogP contribution in [0.2, 0.25) is 0 Å². The van der Waals surface area contributed by atoms with E-state index in [4.69, 9.17) is 14.6 Å². The van der Waals surface area contributed by atoms with Gasteiger partial charge in [0.1, 0.15) is 12.6 Å². The van der Waals surface area contributed by atoms with Crippen molar-refractivity contribution in [1.29, 1.82) is 0 Å². The second-order valence-electron chi connectivity index (χ2n) is 8.69. The molecule has 180 valence electrons. The van der Waals surface area contributed by atoms with Crippen molar-refractivity contribution in [2.45, 2.75) is 44.2 Å². The van der Waals surface area contributed by atoms with E-state index in [0.29, 0.717) is 19.4 Å². The highest BCUT2D eigenvalue weighted by atomic mass is 16.5. The third-order valence-electron chi connectivity index (χ3n) is 6.36. The maximum absolute atomic E-state index is 13.1. The molecule has 4 rings (SSSR count). The summed E-state index contributed by atoms with van der Waals surface area (Å²) in [5, 5.41) is 11.8. The molecule has 34 heavy (non-hydrogen) atoms. The molecule has 8 heteroatoms. The van der Waals surface area contributed by atoms with Crippen molar-refractivity contribution < 1.29 is 29.0 Å². The smallest absolute Gasteiger partial charge is 0.407 e. The first-order chi connectivity index (χ1) is 16.5. The second-order valence-corrected chi connectivity index (χ2v) is 8.69. The lowest BCUT2D eigenvalue weighted by atomic mass is 9.98. The molecule has 0 radical (unpaired) electrons. The lowest BCUT2D eigenvalue weighted by molar-refractivity contribution is -0.148. The number of carboxylic acid groups (broad SMARTS) is 1. The summed E-state index contributed by atoms with van der Waals surface area (Å²) in [6.45, 7) is 2.93. The van der Waals surface area contributed by atoms with Crippen molar-refractivity contribution in [3.05, 3.63) is 59.7 Å². The maximum Gasteiger partial charge on any atom is 0.407 e. The quantitative estimate of drug-likeness (QED) is 0.618. The van der Waals surface area contributed by atoms with Crippen LogP contribution in [0.5, 0.6) is 0 Å². The molecule has 2 amide bonds. The Morgan fingerprint density at radius 3 is 2.38 bits per heavy atom. The lowest BCUT2D eigenvalue weighted by Gasteiger charge is -2.34. The number of fused-ring (bicyclic) bond motifs is 3. The molecule has 0 spiro atoms. The van der Waals surface area contributed by atoms with E-state index in [9.17, 15) is 14.4 Å². The van der Waals surface area contributed by atoms with Gasteiger partial charge in [-0.1, -0.05) is 61.9 Å². The molecule has 1 aliphatic carbocycles. The van der Waals surface area contributed by atoms with Crippen LogP contribution in [-0.2, 0) is 19.1 Å². The predicted octanol–water partition coefficient (Wildman–Crippen LogP) is 3.40. The van der Waals surface area contributed by atoms with E-state index >= 15 is 0 Å². The summed E-state index contributed by atoms with van der Waals surface area (Å²) in [4.78, 5) is 38.4. The average molecular weight is 467 g/mol. The Morgan fingerprint density at radius 2 is 1.76 bits per heavy atom. The number of amides is 2. The van der Waals surface area contributed by atoms with E-state index < -0.39 is 24.2 Å². The fourth-order valence-electron chi connectivity index (χ4n) is 4.79. The van der Waals surface area contributed by atoms with Crippen molar-refractivity contribution in [2.24, 2.45) is 0 Å². The van der Waals surface area contributed by atoms with Crippen molar-refractivity contribution >= 4 is 18.0 Å². The number of alkyl carbamates (subject to hydrolysis) is 1. The van der Waals surface area contributed by atoms with E-state index in [1.54, 1.807) is 4.90 Å². The molecule has 2 atom stereocenters. The number of hydrogen-bond acceptors (Lipinski definition) is 5. The molecule has 2 aromatic rings. The monoisotopic (exact) mass is 466 g/mol. The number of benzene rings is 2. The normalized spacial score (nSPS) is 18.0. The first-order valence-corrected chi connectivity index (χ1v) is 11.7. The Morgan fingerprint density at radius 1 is 1.12 bits per heavy atom. The summed E-state index contributed by atoms with van der Waals surface area (Å²) >= 11 is 0. The van der Waals surface area contributed by atoms with Crippen LogP contribution in [0, 0.1) is 0 Å². The topological polar surface area (TPSA) is 105 Å². The summed E-state index contributed by atoms with van der Waals surface area (Å²) in [6, 6.07) is 15.5. The summed E-state index contributed by atoms with van der Waals surface area (Å²) in [7, 11) is 0. The number of carboxylic acids is 1. The van der Waals surface area contributed by atoms with E-state index in [1.165, 1.54) is 0 Å². The van der Waals surface area contributed by atoms with Gasteiger partial charge in [0, 0.05) is 19.0 Å². The zero-order valence-corrected chi connectivity index (χ0v) is 19.2. The second kappa shape index (κ2) is 10.7. The van der Waals surface area contributed by atoms with E-state index in [-0.39, 0.29) is 38.0 Å². The number of carbonyl (C=O) groups excluding carboxylic acids is 2. The molecule has 1 heterocycles. The van der Waals surface area contributed by atoms with Crippen molar-refractivity contribution in [1.82, 2.24) is 10.2 Å². The maximum atomic E-state index is 13.1. The number of carbonyl (C=O) groups is 3. The van der Waals surface area contributed by atoms with Gasteiger partial charge >= 0.3 is 12.1 Å². The van der Waals surface area contributed by atoms with Gasteiger partial charge in [-0.3, -0.25) is 9.59 Å². The van der Waals surface area contributed by atoms with Gasteiger partial charge in [0.05, 0.1) is 19.1 Å². The fourth-order valence-corrected chi connectivity index (χ4v) is 4.79. The molecule has 8 nitrogen and oxygen atoms in total. The number of aliphatic carboxylic acids is 1. The third-order valence-corrected chi connectivity index (χ3v) is 6.36. The van der Waals surface area contributed by atoms with Gasteiger partial charge in [0.2, 0.25) is 5.91 Å². The van der Waals surface area contributed by atoms with Crippen LogP contribution >= 0.6 is 0 Å². The molecule has 2 aliphatic rings. The molecule has 1 aliphatic heterocycles.